The van der Waals surface area contributed by atoms with Crippen LogP contribution >= 0.6 is 11.8 Å². The lowest BCUT2D eigenvalue weighted by atomic mass is 9.87. The zero-order valence-corrected chi connectivity index (χ0v) is 19.1. The molecule has 1 fully saturated rings. The number of carbonyl (C=O) groups is 2. The Labute approximate surface area is 186 Å². The standard InChI is InChI=1S/C24H27NO5S/c1-14-15(2)22-19(16(3)21(14)27)9-10-24(4,30-22)13-29-18-7-5-17(6-8-18)11-25-12-20(26)31-23(25)28/h5-8,27H,9-13H2,1-4H3. The number of fused-ring (bicyclic) bond motifs is 1. The highest BCUT2D eigenvalue weighted by atomic mass is 32.2. The van der Waals surface area contributed by atoms with E-state index in [2.05, 4.69) is 6.92 Å². The van der Waals surface area contributed by atoms with Crippen molar-refractivity contribution in [3.05, 3.63) is 52.1 Å². The van der Waals surface area contributed by atoms with Crippen LogP contribution in [0.5, 0.6) is 17.2 Å². The number of aromatic hydroxyl groups is 1. The van der Waals surface area contributed by atoms with E-state index in [1.807, 2.05) is 45.0 Å². The highest BCUT2D eigenvalue weighted by Gasteiger charge is 2.35. The maximum absolute atomic E-state index is 11.8. The number of nitrogens with zero attached hydrogens (tertiary/aromatic N) is 1. The summed E-state index contributed by atoms with van der Waals surface area (Å²) in [6, 6.07) is 7.58. The predicted molar refractivity (Wildman–Crippen MR) is 120 cm³/mol. The predicted octanol–water partition coefficient (Wildman–Crippen LogP) is 4.68. The number of benzene rings is 2. The monoisotopic (exact) mass is 441 g/mol. The molecule has 0 aromatic heterocycles. The van der Waals surface area contributed by atoms with Crippen LogP contribution in [0.3, 0.4) is 0 Å². The van der Waals surface area contributed by atoms with Crippen molar-refractivity contribution in [3.8, 4) is 17.2 Å². The molecule has 164 valence electrons. The van der Waals surface area contributed by atoms with Crippen LogP contribution in [-0.4, -0.2) is 39.1 Å². The van der Waals surface area contributed by atoms with E-state index in [0.29, 0.717) is 18.9 Å². The average molecular weight is 442 g/mol. The number of phenols is 1. The van der Waals surface area contributed by atoms with Gasteiger partial charge in [-0.15, -0.1) is 0 Å². The molecule has 0 spiro atoms. The molecule has 0 aliphatic carbocycles. The molecule has 7 heteroatoms. The summed E-state index contributed by atoms with van der Waals surface area (Å²) in [5.41, 5.74) is 4.29. The van der Waals surface area contributed by atoms with Gasteiger partial charge in [-0.3, -0.25) is 9.59 Å². The van der Waals surface area contributed by atoms with Gasteiger partial charge in [-0.05, 0) is 74.9 Å². The molecular weight excluding hydrogens is 414 g/mol. The van der Waals surface area contributed by atoms with Gasteiger partial charge in [-0.1, -0.05) is 12.1 Å². The van der Waals surface area contributed by atoms with Crippen molar-refractivity contribution < 1.29 is 24.2 Å². The van der Waals surface area contributed by atoms with Crippen molar-refractivity contribution in [1.82, 2.24) is 4.90 Å². The molecule has 2 aliphatic heterocycles. The number of carbonyl (C=O) groups excluding carboxylic acids is 2. The van der Waals surface area contributed by atoms with Crippen LogP contribution in [-0.2, 0) is 17.8 Å². The molecule has 1 amide bonds. The third-order valence-corrected chi connectivity index (χ3v) is 7.00. The first-order chi connectivity index (χ1) is 14.7. The summed E-state index contributed by atoms with van der Waals surface area (Å²) >= 11 is 0.769. The van der Waals surface area contributed by atoms with Crippen LogP contribution in [0.15, 0.2) is 24.3 Å². The molecule has 4 rings (SSSR count). The van der Waals surface area contributed by atoms with Crippen LogP contribution in [0.1, 0.15) is 41.2 Å². The van der Waals surface area contributed by atoms with E-state index in [9.17, 15) is 14.7 Å². The minimum Gasteiger partial charge on any atom is -0.507 e. The van der Waals surface area contributed by atoms with Gasteiger partial charge in [0.1, 0.15) is 29.5 Å². The molecule has 2 aromatic carbocycles. The smallest absolute Gasteiger partial charge is 0.290 e. The first-order valence-corrected chi connectivity index (χ1v) is 11.2. The Kier molecular flexibility index (Phi) is 5.64. The highest BCUT2D eigenvalue weighted by Crippen LogP contribution is 2.43. The van der Waals surface area contributed by atoms with E-state index >= 15 is 0 Å². The Morgan fingerprint density at radius 3 is 2.48 bits per heavy atom. The highest BCUT2D eigenvalue weighted by molar-refractivity contribution is 8.26. The second kappa shape index (κ2) is 8.11. The number of amides is 1. The molecule has 2 heterocycles. The summed E-state index contributed by atoms with van der Waals surface area (Å²) in [5.74, 6) is 1.95. The van der Waals surface area contributed by atoms with Crippen LogP contribution in [0.25, 0.3) is 0 Å². The van der Waals surface area contributed by atoms with E-state index in [1.54, 1.807) is 4.90 Å². The second-order valence-electron chi connectivity index (χ2n) is 8.61. The largest absolute Gasteiger partial charge is 0.507 e. The van der Waals surface area contributed by atoms with Gasteiger partial charge >= 0.3 is 0 Å². The minimum atomic E-state index is -0.466. The summed E-state index contributed by atoms with van der Waals surface area (Å²) in [4.78, 5) is 24.7. The fourth-order valence-electron chi connectivity index (χ4n) is 4.08. The third-order valence-electron chi connectivity index (χ3n) is 6.21. The molecule has 1 saturated heterocycles. The molecule has 6 nitrogen and oxygen atoms in total. The summed E-state index contributed by atoms with van der Waals surface area (Å²) < 4.78 is 12.4. The van der Waals surface area contributed by atoms with Crippen molar-refractivity contribution in [2.24, 2.45) is 0 Å². The fourth-order valence-corrected chi connectivity index (χ4v) is 4.75. The van der Waals surface area contributed by atoms with E-state index in [4.69, 9.17) is 9.47 Å². The first-order valence-electron chi connectivity index (χ1n) is 10.4. The van der Waals surface area contributed by atoms with E-state index in [-0.39, 0.29) is 16.9 Å². The van der Waals surface area contributed by atoms with Gasteiger partial charge in [-0.25, -0.2) is 0 Å². The number of thioether (sulfide) groups is 1. The molecule has 2 aliphatic rings. The van der Waals surface area contributed by atoms with Crippen LogP contribution in [0, 0.1) is 20.8 Å². The number of hydrogen-bond acceptors (Lipinski definition) is 6. The number of phenolic OH excluding ortho intramolecular Hbond substituents is 1. The van der Waals surface area contributed by atoms with Crippen LogP contribution in [0.2, 0.25) is 0 Å². The lowest BCUT2D eigenvalue weighted by molar-refractivity contribution is -0.110. The SMILES string of the molecule is Cc1c(C)c2c(c(C)c1O)CCC(C)(COc1ccc(CN3CC(=O)SC3=O)cc1)O2. The summed E-state index contributed by atoms with van der Waals surface area (Å²) in [7, 11) is 0. The molecule has 2 aromatic rings. The quantitative estimate of drug-likeness (QED) is 0.726. The Morgan fingerprint density at radius 1 is 1.13 bits per heavy atom. The van der Waals surface area contributed by atoms with Crippen molar-refractivity contribution in [1.29, 1.82) is 0 Å². The average Bonchev–Trinajstić information content (AvgIpc) is 3.06. The van der Waals surface area contributed by atoms with Gasteiger partial charge in [0.15, 0.2) is 0 Å². The first kappa shape index (κ1) is 21.6. The van der Waals surface area contributed by atoms with Gasteiger partial charge in [0.05, 0.1) is 6.54 Å². The van der Waals surface area contributed by atoms with Gasteiger partial charge in [-0.2, -0.15) is 0 Å². The number of ether oxygens (including phenoxy) is 2. The molecule has 31 heavy (non-hydrogen) atoms. The summed E-state index contributed by atoms with van der Waals surface area (Å²) in [6.45, 7) is 8.87. The number of rotatable bonds is 5. The van der Waals surface area contributed by atoms with Crippen molar-refractivity contribution >= 4 is 22.1 Å². The van der Waals surface area contributed by atoms with E-state index in [0.717, 1.165) is 63.9 Å². The topological polar surface area (TPSA) is 76.1 Å². The van der Waals surface area contributed by atoms with Gasteiger partial charge < -0.3 is 19.5 Å². The van der Waals surface area contributed by atoms with Crippen LogP contribution < -0.4 is 9.47 Å². The lowest BCUT2D eigenvalue weighted by Crippen LogP contribution is -2.42. The molecule has 1 atom stereocenters. The molecule has 0 radical (unpaired) electrons. The van der Waals surface area contributed by atoms with Crippen molar-refractivity contribution in [2.45, 2.75) is 52.7 Å². The van der Waals surface area contributed by atoms with Crippen molar-refractivity contribution in [2.75, 3.05) is 13.2 Å². The zero-order valence-electron chi connectivity index (χ0n) is 18.3. The van der Waals surface area contributed by atoms with Gasteiger partial charge in [0.25, 0.3) is 5.24 Å². The Hall–Kier alpha value is -2.67. The molecule has 1 N–H and O–H groups in total. The number of hydrogen-bond donors (Lipinski definition) is 1. The fraction of sp³-hybridized carbons (Fsp3) is 0.417. The molecule has 1 unspecified atom stereocenters. The Bertz CT molecular complexity index is 1050. The molecule has 0 saturated carbocycles. The van der Waals surface area contributed by atoms with Gasteiger partial charge in [0, 0.05) is 23.9 Å². The second-order valence-corrected chi connectivity index (χ2v) is 9.62. The third kappa shape index (κ3) is 4.24. The van der Waals surface area contributed by atoms with E-state index in [1.165, 1.54) is 0 Å². The Morgan fingerprint density at radius 2 is 1.84 bits per heavy atom. The van der Waals surface area contributed by atoms with E-state index < -0.39 is 5.60 Å². The normalized spacial score (nSPS) is 20.6. The molecule has 0 bridgehead atoms. The minimum absolute atomic E-state index is 0.108. The van der Waals surface area contributed by atoms with Crippen molar-refractivity contribution in [3.63, 3.8) is 0 Å². The zero-order chi connectivity index (χ0) is 22.3. The maximum atomic E-state index is 11.8. The summed E-state index contributed by atoms with van der Waals surface area (Å²) in [6.07, 6.45) is 1.62. The van der Waals surface area contributed by atoms with Gasteiger partial charge in [0.2, 0.25) is 5.12 Å². The summed E-state index contributed by atoms with van der Waals surface area (Å²) in [5, 5.41) is 10.0. The maximum Gasteiger partial charge on any atom is 0.290 e. The van der Waals surface area contributed by atoms with Crippen LogP contribution in [0.4, 0.5) is 4.79 Å². The Balaban J connectivity index is 1.41. The lowest BCUT2D eigenvalue weighted by Gasteiger charge is -2.37. The molecular formula is C24H27NO5S.